The van der Waals surface area contributed by atoms with Crippen molar-refractivity contribution >= 4 is 27.6 Å². The number of fused-ring (bicyclic) bond motifs is 1. The average molecular weight is 897 g/mol. The van der Waals surface area contributed by atoms with Crippen LogP contribution in [0.3, 0.4) is 0 Å². The predicted octanol–water partition coefficient (Wildman–Crippen LogP) is 11.9. The molecule has 0 radical (unpaired) electrons. The van der Waals surface area contributed by atoms with Gasteiger partial charge in [-0.25, -0.2) is 4.98 Å². The molecule has 2 aromatic heterocycles. The Morgan fingerprint density at radius 3 is 1.56 bits per heavy atom. The first-order valence-electron chi connectivity index (χ1n) is 22.5. The number of hydrogen-bond donors (Lipinski definition) is 1. The number of thiazole rings is 1. The maximum absolute atomic E-state index is 14.7. The number of nitrogens with zero attached hydrogens (tertiary/aromatic N) is 3. The van der Waals surface area contributed by atoms with Crippen molar-refractivity contribution in [1.82, 2.24) is 14.5 Å². The van der Waals surface area contributed by atoms with Crippen LogP contribution in [0, 0.1) is 18.8 Å². The van der Waals surface area contributed by atoms with Gasteiger partial charge in [0.15, 0.2) is 5.65 Å². The number of benzene rings is 6. The van der Waals surface area contributed by atoms with Crippen LogP contribution in [-0.4, -0.2) is 40.5 Å². The fourth-order valence-electron chi connectivity index (χ4n) is 9.75. The summed E-state index contributed by atoms with van der Waals surface area (Å²) in [6.45, 7) is 10.5. The van der Waals surface area contributed by atoms with Crippen LogP contribution in [0.2, 0.25) is 0 Å². The van der Waals surface area contributed by atoms with E-state index >= 15 is 0 Å². The van der Waals surface area contributed by atoms with Crippen molar-refractivity contribution in [3.05, 3.63) is 219 Å². The van der Waals surface area contributed by atoms with Crippen LogP contribution >= 0.6 is 11.3 Å². The van der Waals surface area contributed by atoms with E-state index in [1.54, 1.807) is 18.8 Å². The van der Waals surface area contributed by atoms with Gasteiger partial charge in [0.05, 0.1) is 36.3 Å². The van der Waals surface area contributed by atoms with Gasteiger partial charge in [0, 0.05) is 5.92 Å². The third-order valence-corrected chi connectivity index (χ3v) is 14.2. The number of methoxy groups -OCH3 is 2. The normalized spacial score (nSPS) is 16.7. The van der Waals surface area contributed by atoms with E-state index in [2.05, 4.69) is 106 Å². The van der Waals surface area contributed by atoms with Gasteiger partial charge in [0.25, 0.3) is 0 Å². The van der Waals surface area contributed by atoms with E-state index in [-0.39, 0.29) is 22.8 Å². The molecule has 8 aromatic rings. The summed E-state index contributed by atoms with van der Waals surface area (Å²) in [6.07, 6.45) is -0.224. The number of anilines is 1. The topological polar surface area (TPSA) is 96.7 Å². The number of ether oxygens (including phenoxy) is 4. The predicted molar refractivity (Wildman–Crippen MR) is 264 cm³/mol. The summed E-state index contributed by atoms with van der Waals surface area (Å²) in [5, 5.41) is 3.85. The van der Waals surface area contributed by atoms with Crippen molar-refractivity contribution < 1.29 is 18.9 Å². The molecule has 2 unspecified atom stereocenters. The van der Waals surface area contributed by atoms with Crippen LogP contribution in [0.5, 0.6) is 11.5 Å². The molecule has 0 amide bonds. The van der Waals surface area contributed by atoms with Gasteiger partial charge < -0.3 is 24.3 Å². The van der Waals surface area contributed by atoms with Gasteiger partial charge in [-0.3, -0.25) is 9.36 Å². The number of rotatable bonds is 15. The zero-order valence-corrected chi connectivity index (χ0v) is 39.3. The molecule has 9 rings (SSSR count). The molecule has 3 heterocycles. The van der Waals surface area contributed by atoms with Crippen molar-refractivity contribution in [3.8, 4) is 11.5 Å². The van der Waals surface area contributed by atoms with Crippen molar-refractivity contribution in [1.29, 1.82) is 0 Å². The molecular formula is C56H56N4O5S. The monoisotopic (exact) mass is 896 g/mol. The summed E-state index contributed by atoms with van der Waals surface area (Å²) in [5.41, 5.74) is 4.11. The van der Waals surface area contributed by atoms with E-state index in [9.17, 15) is 4.79 Å². The molecule has 1 aliphatic heterocycles. The van der Waals surface area contributed by atoms with Crippen LogP contribution in [0.4, 0.5) is 5.95 Å². The minimum atomic E-state index is -1.06. The molecule has 9 nitrogen and oxygen atoms in total. The highest BCUT2D eigenvalue weighted by Crippen LogP contribution is 2.51. The number of nitrogens with one attached hydrogen (secondary N) is 1. The average Bonchev–Trinajstić information content (AvgIpc) is 3.96. The Morgan fingerprint density at radius 1 is 0.652 bits per heavy atom. The van der Waals surface area contributed by atoms with Crippen LogP contribution in [0.15, 0.2) is 175 Å². The molecule has 1 aliphatic rings. The molecule has 0 saturated carbocycles. The lowest BCUT2D eigenvalue weighted by Gasteiger charge is -2.45. The summed E-state index contributed by atoms with van der Waals surface area (Å²) in [5.74, 6) is 1.73. The fraction of sp³-hybridized carbons (Fsp3) is 0.268. The van der Waals surface area contributed by atoms with Crippen LogP contribution < -0.4 is 19.7 Å². The Morgan fingerprint density at radius 2 is 1.09 bits per heavy atom. The summed E-state index contributed by atoms with van der Waals surface area (Å²) in [4.78, 5) is 24.9. The Kier molecular flexibility index (Phi) is 12.4. The smallest absolute Gasteiger partial charge is 0.311 e. The van der Waals surface area contributed by atoms with Crippen molar-refractivity contribution in [3.63, 3.8) is 0 Å². The van der Waals surface area contributed by atoms with E-state index in [1.165, 1.54) is 0 Å². The quantitative estimate of drug-likeness (QED) is 0.102. The zero-order chi connectivity index (χ0) is 46.1. The van der Waals surface area contributed by atoms with E-state index in [0.29, 0.717) is 28.4 Å². The standard InChI is InChI=1S/C56H56N4O5S/c1-37(2)48-36-47(54(4,5)65-56(42-24-16-10-17-25-42,43-26-18-11-19-27-43)44-30-34-46(63-7)35-31-44)51(64-48)60-50-49(66-53(60)61)38(3)57-52(58-50)59-55(39-20-12-8-13-21-39,40-22-14-9-15-23-40)41-28-32-45(62-6)33-29-41/h8-35,37,47-48,51H,36H2,1-7H3,(H,57,58,59)/t47?,48-,51?/m0/s1. The first-order valence-corrected chi connectivity index (χ1v) is 23.3. The molecule has 336 valence electrons. The lowest BCUT2D eigenvalue weighted by molar-refractivity contribution is -0.155. The lowest BCUT2D eigenvalue weighted by atomic mass is 9.77. The van der Waals surface area contributed by atoms with E-state index < -0.39 is 23.0 Å². The largest absolute Gasteiger partial charge is 0.497 e. The molecule has 66 heavy (non-hydrogen) atoms. The second kappa shape index (κ2) is 18.4. The van der Waals surface area contributed by atoms with E-state index in [4.69, 9.17) is 28.9 Å². The fourth-order valence-corrected chi connectivity index (χ4v) is 10.6. The molecular weight excluding hydrogens is 841 g/mol. The minimum absolute atomic E-state index is 0.159. The van der Waals surface area contributed by atoms with Crippen molar-refractivity contribution in [2.45, 2.75) is 70.1 Å². The maximum Gasteiger partial charge on any atom is 0.311 e. The van der Waals surface area contributed by atoms with Gasteiger partial charge in [-0.2, -0.15) is 4.98 Å². The lowest BCUT2D eigenvalue weighted by Crippen LogP contribution is -2.47. The highest BCUT2D eigenvalue weighted by molar-refractivity contribution is 7.16. The van der Waals surface area contributed by atoms with E-state index in [0.717, 1.165) is 56.2 Å². The van der Waals surface area contributed by atoms with Crippen LogP contribution in [-0.2, 0) is 20.6 Å². The Labute approximate surface area is 391 Å². The summed E-state index contributed by atoms with van der Waals surface area (Å²) in [7, 11) is 3.34. The molecule has 1 saturated heterocycles. The van der Waals surface area contributed by atoms with E-state index in [1.807, 2.05) is 104 Å². The number of aryl methyl sites for hydroxylation is 1. The molecule has 0 bridgehead atoms. The molecule has 1 N–H and O–H groups in total. The Balaban J connectivity index is 1.20. The number of aromatic nitrogens is 3. The molecule has 1 fully saturated rings. The first-order chi connectivity index (χ1) is 32.0. The third-order valence-electron chi connectivity index (χ3n) is 13.2. The van der Waals surface area contributed by atoms with Gasteiger partial charge in [0.1, 0.15) is 28.9 Å². The molecule has 3 atom stereocenters. The summed E-state index contributed by atoms with van der Waals surface area (Å²) >= 11 is 1.15. The van der Waals surface area contributed by atoms with Crippen molar-refractivity contribution in [2.75, 3.05) is 19.5 Å². The number of hydrogen-bond acceptors (Lipinski definition) is 9. The van der Waals surface area contributed by atoms with Gasteiger partial charge in [-0.15, -0.1) is 0 Å². The second-order valence-electron chi connectivity index (χ2n) is 17.9. The highest BCUT2D eigenvalue weighted by atomic mass is 32.1. The van der Waals surface area contributed by atoms with Gasteiger partial charge in [-0.05, 0) is 90.8 Å². The molecule has 10 heteroatoms. The maximum atomic E-state index is 14.7. The summed E-state index contributed by atoms with van der Waals surface area (Å²) < 4.78 is 28.6. The van der Waals surface area contributed by atoms with Crippen LogP contribution in [0.25, 0.3) is 10.3 Å². The van der Waals surface area contributed by atoms with Gasteiger partial charge in [-0.1, -0.05) is 171 Å². The van der Waals surface area contributed by atoms with Gasteiger partial charge in [0.2, 0.25) is 5.95 Å². The second-order valence-corrected chi connectivity index (χ2v) is 18.8. The Bertz CT molecular complexity index is 2860. The van der Waals surface area contributed by atoms with Gasteiger partial charge >= 0.3 is 4.87 Å². The van der Waals surface area contributed by atoms with Crippen molar-refractivity contribution in [2.24, 2.45) is 11.8 Å². The highest BCUT2D eigenvalue weighted by Gasteiger charge is 2.52. The SMILES string of the molecule is COc1ccc(C(Nc2nc(C)c3sc(=O)n(C4O[C@H](C(C)C)CC4C(C)(C)OC(c4ccccc4)(c4ccccc4)c4ccc(OC)cc4)c3n2)(c2ccccc2)c2ccccc2)cc1. The summed E-state index contributed by atoms with van der Waals surface area (Å²) in [6, 6.07) is 57.5. The minimum Gasteiger partial charge on any atom is -0.497 e. The molecule has 0 spiro atoms. The Hall–Kier alpha value is -6.59. The molecule has 6 aromatic carbocycles. The zero-order valence-electron chi connectivity index (χ0n) is 38.5. The third kappa shape index (κ3) is 8.08. The van der Waals surface area contributed by atoms with Crippen LogP contribution in [0.1, 0.15) is 79.4 Å². The first kappa shape index (κ1) is 44.6. The molecule has 0 aliphatic carbocycles.